The predicted octanol–water partition coefficient (Wildman–Crippen LogP) is 3.05. The highest BCUT2D eigenvalue weighted by Crippen LogP contribution is 2.40. The number of ether oxygens (including phenoxy) is 3. The van der Waals surface area contributed by atoms with E-state index in [-0.39, 0.29) is 29.4 Å². The zero-order valence-corrected chi connectivity index (χ0v) is 14.1. The van der Waals surface area contributed by atoms with Gasteiger partial charge in [0.25, 0.3) is 0 Å². The van der Waals surface area contributed by atoms with Crippen LogP contribution in [-0.4, -0.2) is 37.6 Å². The van der Waals surface area contributed by atoms with Crippen molar-refractivity contribution in [2.45, 2.75) is 58.8 Å². The van der Waals surface area contributed by atoms with E-state index in [1.54, 1.807) is 14.0 Å². The van der Waals surface area contributed by atoms with Gasteiger partial charge in [-0.15, -0.1) is 0 Å². The molecule has 2 heterocycles. The van der Waals surface area contributed by atoms with E-state index in [1.165, 1.54) is 7.11 Å². The number of hydrogen-bond donors (Lipinski definition) is 0. The number of carbonyl (C=O) groups is 1. The van der Waals surface area contributed by atoms with Crippen LogP contribution in [0, 0.1) is 12.3 Å². The van der Waals surface area contributed by atoms with Gasteiger partial charge in [0.15, 0.2) is 11.5 Å². The maximum Gasteiger partial charge on any atom is 0.360 e. The van der Waals surface area contributed by atoms with Crippen molar-refractivity contribution >= 4 is 5.97 Å². The van der Waals surface area contributed by atoms with Crippen molar-refractivity contribution in [1.29, 1.82) is 0 Å². The monoisotopic (exact) mass is 311 g/mol. The fourth-order valence-corrected chi connectivity index (χ4v) is 2.74. The lowest BCUT2D eigenvalue weighted by Crippen LogP contribution is -2.40. The first-order valence-corrected chi connectivity index (χ1v) is 7.50. The molecule has 0 N–H and O–H groups in total. The fourth-order valence-electron chi connectivity index (χ4n) is 2.74. The van der Waals surface area contributed by atoms with Crippen molar-refractivity contribution in [3.8, 4) is 0 Å². The highest BCUT2D eigenvalue weighted by atomic mass is 16.5. The fraction of sp³-hybridized carbons (Fsp3) is 0.750. The van der Waals surface area contributed by atoms with Crippen LogP contribution in [-0.2, 0) is 14.2 Å². The summed E-state index contributed by atoms with van der Waals surface area (Å²) in [5.74, 6) is 0.0790. The SMILES string of the molecule is COC(=O)c1noc([C@@H]2C[C@H](OC)C[C@H](C(C)(C)C)O2)c1C. The van der Waals surface area contributed by atoms with Crippen LogP contribution in [0.15, 0.2) is 4.52 Å². The van der Waals surface area contributed by atoms with E-state index in [1.807, 2.05) is 0 Å². The van der Waals surface area contributed by atoms with Crippen molar-refractivity contribution in [2.24, 2.45) is 5.41 Å². The minimum atomic E-state index is -0.501. The van der Waals surface area contributed by atoms with Gasteiger partial charge in [0, 0.05) is 25.5 Å². The molecule has 0 unspecified atom stereocenters. The summed E-state index contributed by atoms with van der Waals surface area (Å²) in [7, 11) is 3.03. The van der Waals surface area contributed by atoms with Gasteiger partial charge in [0.2, 0.25) is 0 Å². The van der Waals surface area contributed by atoms with Crippen LogP contribution in [0.3, 0.4) is 0 Å². The van der Waals surface area contributed by atoms with Crippen LogP contribution >= 0.6 is 0 Å². The largest absolute Gasteiger partial charge is 0.464 e. The van der Waals surface area contributed by atoms with Gasteiger partial charge in [0.1, 0.15) is 6.10 Å². The van der Waals surface area contributed by atoms with Crippen molar-refractivity contribution in [1.82, 2.24) is 5.16 Å². The van der Waals surface area contributed by atoms with Crippen LogP contribution in [0.25, 0.3) is 0 Å². The number of methoxy groups -OCH3 is 2. The number of rotatable bonds is 3. The molecule has 0 bridgehead atoms. The molecule has 6 heteroatoms. The average Bonchev–Trinajstić information content (AvgIpc) is 2.86. The van der Waals surface area contributed by atoms with E-state index >= 15 is 0 Å². The zero-order valence-electron chi connectivity index (χ0n) is 14.1. The van der Waals surface area contributed by atoms with Crippen molar-refractivity contribution < 1.29 is 23.5 Å². The quantitative estimate of drug-likeness (QED) is 0.799. The smallest absolute Gasteiger partial charge is 0.360 e. The molecule has 124 valence electrons. The van der Waals surface area contributed by atoms with Gasteiger partial charge in [-0.05, 0) is 12.3 Å². The average molecular weight is 311 g/mol. The Kier molecular flexibility index (Phi) is 4.92. The second kappa shape index (κ2) is 6.38. The molecule has 0 saturated carbocycles. The number of esters is 1. The molecule has 1 aliphatic rings. The van der Waals surface area contributed by atoms with Crippen LogP contribution in [0.2, 0.25) is 0 Å². The Bertz CT molecular complexity index is 531. The van der Waals surface area contributed by atoms with E-state index in [2.05, 4.69) is 25.9 Å². The van der Waals surface area contributed by atoms with Gasteiger partial charge < -0.3 is 18.7 Å². The molecule has 2 rings (SSSR count). The van der Waals surface area contributed by atoms with Gasteiger partial charge in [-0.2, -0.15) is 0 Å². The molecule has 0 aliphatic carbocycles. The van der Waals surface area contributed by atoms with Gasteiger partial charge >= 0.3 is 5.97 Å². The first-order valence-electron chi connectivity index (χ1n) is 7.50. The molecule has 3 atom stereocenters. The van der Waals surface area contributed by atoms with Crippen LogP contribution in [0.4, 0.5) is 0 Å². The summed E-state index contributed by atoms with van der Waals surface area (Å²) in [5.41, 5.74) is 0.864. The Hall–Kier alpha value is -1.40. The van der Waals surface area contributed by atoms with Crippen LogP contribution in [0.5, 0.6) is 0 Å². The molecule has 0 amide bonds. The Morgan fingerprint density at radius 1 is 1.27 bits per heavy atom. The molecule has 1 fully saturated rings. The Morgan fingerprint density at radius 2 is 1.95 bits per heavy atom. The van der Waals surface area contributed by atoms with Crippen molar-refractivity contribution in [2.75, 3.05) is 14.2 Å². The summed E-state index contributed by atoms with van der Waals surface area (Å²) in [6, 6.07) is 0. The van der Waals surface area contributed by atoms with E-state index in [0.29, 0.717) is 17.7 Å². The number of nitrogens with zero attached hydrogens (tertiary/aromatic N) is 1. The first-order chi connectivity index (χ1) is 10.3. The third-order valence-electron chi connectivity index (χ3n) is 4.21. The number of hydrogen-bond acceptors (Lipinski definition) is 6. The Morgan fingerprint density at radius 3 is 2.50 bits per heavy atom. The molecular weight excluding hydrogens is 286 g/mol. The second-order valence-corrected chi connectivity index (χ2v) is 6.82. The lowest BCUT2D eigenvalue weighted by Gasteiger charge is -2.40. The summed E-state index contributed by atoms with van der Waals surface area (Å²) in [6.07, 6.45) is 1.39. The zero-order chi connectivity index (χ0) is 16.5. The summed E-state index contributed by atoms with van der Waals surface area (Å²) in [5, 5.41) is 3.83. The highest BCUT2D eigenvalue weighted by Gasteiger charge is 2.39. The Labute approximate surface area is 131 Å². The van der Waals surface area contributed by atoms with E-state index in [0.717, 1.165) is 6.42 Å². The third-order valence-corrected chi connectivity index (χ3v) is 4.21. The van der Waals surface area contributed by atoms with E-state index in [4.69, 9.17) is 18.7 Å². The lowest BCUT2D eigenvalue weighted by molar-refractivity contribution is -0.150. The molecule has 0 aromatic carbocycles. The van der Waals surface area contributed by atoms with E-state index in [9.17, 15) is 4.79 Å². The summed E-state index contributed by atoms with van der Waals surface area (Å²) in [4.78, 5) is 11.7. The molecule has 0 radical (unpaired) electrons. The lowest BCUT2D eigenvalue weighted by atomic mass is 9.82. The minimum Gasteiger partial charge on any atom is -0.464 e. The molecule has 22 heavy (non-hydrogen) atoms. The van der Waals surface area contributed by atoms with Gasteiger partial charge in [-0.1, -0.05) is 25.9 Å². The molecule has 1 aromatic rings. The number of carbonyl (C=O) groups excluding carboxylic acids is 1. The predicted molar refractivity (Wildman–Crippen MR) is 79.7 cm³/mol. The summed E-state index contributed by atoms with van der Waals surface area (Å²) in [6.45, 7) is 8.21. The minimum absolute atomic E-state index is 0.00540. The third kappa shape index (κ3) is 3.33. The van der Waals surface area contributed by atoms with Crippen LogP contribution < -0.4 is 0 Å². The van der Waals surface area contributed by atoms with Gasteiger partial charge in [0.05, 0.1) is 19.3 Å². The maximum atomic E-state index is 11.7. The molecule has 1 saturated heterocycles. The molecular formula is C16H25NO5. The standard InChI is InChI=1S/C16H25NO5/c1-9-13(15(18)20-6)17-22-14(9)11-7-10(19-5)8-12(21-11)16(2,3)4/h10-12H,7-8H2,1-6H3/t10-,11-,12+/m0/s1. The van der Waals surface area contributed by atoms with Crippen molar-refractivity contribution in [3.63, 3.8) is 0 Å². The molecule has 1 aromatic heterocycles. The summed E-state index contributed by atoms with van der Waals surface area (Å²) >= 11 is 0. The molecule has 6 nitrogen and oxygen atoms in total. The highest BCUT2D eigenvalue weighted by molar-refractivity contribution is 5.88. The van der Waals surface area contributed by atoms with Gasteiger partial charge in [-0.3, -0.25) is 0 Å². The second-order valence-electron chi connectivity index (χ2n) is 6.82. The van der Waals surface area contributed by atoms with Crippen molar-refractivity contribution in [3.05, 3.63) is 17.0 Å². The summed E-state index contributed by atoms with van der Waals surface area (Å²) < 4.78 is 21.8. The normalized spacial score (nSPS) is 26.0. The first kappa shape index (κ1) is 17.0. The van der Waals surface area contributed by atoms with E-state index < -0.39 is 5.97 Å². The van der Waals surface area contributed by atoms with Crippen LogP contribution in [0.1, 0.15) is 61.5 Å². The topological polar surface area (TPSA) is 70.8 Å². The Balaban J connectivity index is 2.27. The molecule has 1 aliphatic heterocycles. The number of aromatic nitrogens is 1. The maximum absolute atomic E-state index is 11.7. The molecule has 0 spiro atoms. The van der Waals surface area contributed by atoms with Gasteiger partial charge in [-0.25, -0.2) is 4.79 Å².